The van der Waals surface area contributed by atoms with Gasteiger partial charge >= 0.3 is 0 Å². The molecule has 0 aromatic heterocycles. The minimum absolute atomic E-state index is 0.00217. The fourth-order valence-electron chi connectivity index (χ4n) is 1.95. The van der Waals surface area contributed by atoms with Gasteiger partial charge in [-0.1, -0.05) is 19.1 Å². The number of carbonyl (C=O) groups excluding carboxylic acids is 2. The molecule has 1 unspecified atom stereocenters. The Bertz CT molecular complexity index is 467. The lowest BCUT2D eigenvalue weighted by atomic mass is 9.88. The summed E-state index contributed by atoms with van der Waals surface area (Å²) in [5, 5.41) is 6.03. The van der Waals surface area contributed by atoms with Gasteiger partial charge in [0.05, 0.1) is 0 Å². The zero-order chi connectivity index (χ0) is 13.1. The molecule has 1 atom stereocenters. The molecule has 18 heavy (non-hydrogen) atoms. The maximum atomic E-state index is 12.0. The minimum atomic E-state index is -0.00719. The molecule has 1 aromatic carbocycles. The summed E-state index contributed by atoms with van der Waals surface area (Å²) in [5.74, 6) is 0.428. The van der Waals surface area contributed by atoms with Crippen LogP contribution in [0.3, 0.4) is 0 Å². The topological polar surface area (TPSA) is 58.2 Å². The zero-order valence-corrected chi connectivity index (χ0v) is 10.7. The van der Waals surface area contributed by atoms with Gasteiger partial charge in [-0.25, -0.2) is 0 Å². The molecular weight excluding hydrogens is 228 g/mol. The molecular formula is C14H18N2O2. The molecule has 1 aliphatic rings. The van der Waals surface area contributed by atoms with Gasteiger partial charge in [0.15, 0.2) is 5.78 Å². The third-order valence-corrected chi connectivity index (χ3v) is 3.47. The maximum absolute atomic E-state index is 12.0. The van der Waals surface area contributed by atoms with Gasteiger partial charge in [0.2, 0.25) is 5.91 Å². The van der Waals surface area contributed by atoms with Crippen molar-refractivity contribution in [2.45, 2.75) is 13.8 Å². The molecule has 2 N–H and O–H groups in total. The number of anilines is 1. The van der Waals surface area contributed by atoms with Gasteiger partial charge in [-0.3, -0.25) is 9.59 Å². The number of nitrogens with one attached hydrogen (secondary N) is 2. The number of ketones is 1. The number of rotatable bonds is 4. The largest absolute Gasteiger partial charge is 0.326 e. The van der Waals surface area contributed by atoms with E-state index in [2.05, 4.69) is 10.6 Å². The molecule has 0 radical (unpaired) electrons. The molecule has 96 valence electrons. The SMILES string of the molecule is CC(=O)c1cccc(NC(=O)C(C)C2CNC2)c1. The zero-order valence-electron chi connectivity index (χ0n) is 10.7. The van der Waals surface area contributed by atoms with E-state index in [9.17, 15) is 9.59 Å². The average Bonchev–Trinajstić information content (AvgIpc) is 2.26. The lowest BCUT2D eigenvalue weighted by Gasteiger charge is -2.31. The molecule has 4 nitrogen and oxygen atoms in total. The first kappa shape index (κ1) is 12.8. The highest BCUT2D eigenvalue weighted by Gasteiger charge is 2.28. The normalized spacial score (nSPS) is 16.8. The second-order valence-corrected chi connectivity index (χ2v) is 4.83. The van der Waals surface area contributed by atoms with Gasteiger partial charge in [0.1, 0.15) is 0 Å². The fraction of sp³-hybridized carbons (Fsp3) is 0.429. The molecule has 1 heterocycles. The quantitative estimate of drug-likeness (QED) is 0.795. The molecule has 1 fully saturated rings. The van der Waals surface area contributed by atoms with Crippen molar-refractivity contribution in [3.8, 4) is 0 Å². The molecule has 0 aliphatic carbocycles. The third-order valence-electron chi connectivity index (χ3n) is 3.47. The van der Waals surface area contributed by atoms with Gasteiger partial charge in [-0.2, -0.15) is 0 Å². The van der Waals surface area contributed by atoms with Crippen molar-refractivity contribution in [1.82, 2.24) is 5.32 Å². The third kappa shape index (κ3) is 2.76. The predicted octanol–water partition coefficient (Wildman–Crippen LogP) is 1.68. The summed E-state index contributed by atoms with van der Waals surface area (Å²) in [7, 11) is 0. The minimum Gasteiger partial charge on any atom is -0.326 e. The average molecular weight is 246 g/mol. The van der Waals surface area contributed by atoms with E-state index >= 15 is 0 Å². The van der Waals surface area contributed by atoms with Crippen LogP contribution in [0.25, 0.3) is 0 Å². The van der Waals surface area contributed by atoms with Gasteiger partial charge < -0.3 is 10.6 Å². The molecule has 0 spiro atoms. The van der Waals surface area contributed by atoms with Crippen molar-refractivity contribution in [3.63, 3.8) is 0 Å². The highest BCUT2D eigenvalue weighted by Crippen LogP contribution is 2.19. The summed E-state index contributed by atoms with van der Waals surface area (Å²) >= 11 is 0. The number of carbonyl (C=O) groups is 2. The molecule has 1 aliphatic heterocycles. The van der Waals surface area contributed by atoms with Crippen molar-refractivity contribution in [2.24, 2.45) is 11.8 Å². The van der Waals surface area contributed by atoms with Crippen molar-refractivity contribution in [3.05, 3.63) is 29.8 Å². The Morgan fingerprint density at radius 1 is 1.39 bits per heavy atom. The van der Waals surface area contributed by atoms with Crippen LogP contribution in [0.4, 0.5) is 5.69 Å². The predicted molar refractivity (Wildman–Crippen MR) is 70.6 cm³/mol. The molecule has 4 heteroatoms. The summed E-state index contributed by atoms with van der Waals surface area (Å²) in [4.78, 5) is 23.3. The van der Waals surface area contributed by atoms with E-state index in [1.54, 1.807) is 24.3 Å². The van der Waals surface area contributed by atoms with Gasteiger partial charge in [0.25, 0.3) is 0 Å². The van der Waals surface area contributed by atoms with Crippen molar-refractivity contribution in [2.75, 3.05) is 18.4 Å². The van der Waals surface area contributed by atoms with E-state index in [4.69, 9.17) is 0 Å². The Balaban J connectivity index is 2.02. The van der Waals surface area contributed by atoms with E-state index < -0.39 is 0 Å². The molecule has 1 saturated heterocycles. The van der Waals surface area contributed by atoms with Gasteiger partial charge in [-0.05, 0) is 38.1 Å². The van der Waals surface area contributed by atoms with Crippen LogP contribution in [0.5, 0.6) is 0 Å². The Morgan fingerprint density at radius 2 is 2.11 bits per heavy atom. The number of Topliss-reactive ketones (excluding diaryl/α,β-unsaturated/α-hetero) is 1. The Hall–Kier alpha value is -1.68. The van der Waals surface area contributed by atoms with Crippen LogP contribution in [0.2, 0.25) is 0 Å². The lowest BCUT2D eigenvalue weighted by molar-refractivity contribution is -0.121. The van der Waals surface area contributed by atoms with Crippen LogP contribution in [-0.2, 0) is 4.79 Å². The summed E-state index contributed by atoms with van der Waals surface area (Å²) in [6.45, 7) is 5.27. The molecule has 0 saturated carbocycles. The van der Waals surface area contributed by atoms with Crippen molar-refractivity contribution in [1.29, 1.82) is 0 Å². The Morgan fingerprint density at radius 3 is 2.67 bits per heavy atom. The summed E-state index contributed by atoms with van der Waals surface area (Å²) in [6, 6.07) is 7.04. The second kappa shape index (κ2) is 5.31. The van der Waals surface area contributed by atoms with E-state index in [0.29, 0.717) is 17.2 Å². The van der Waals surface area contributed by atoms with E-state index in [-0.39, 0.29) is 17.6 Å². The van der Waals surface area contributed by atoms with Gasteiger partial charge in [0, 0.05) is 17.2 Å². The highest BCUT2D eigenvalue weighted by atomic mass is 16.2. The van der Waals surface area contributed by atoms with Crippen LogP contribution in [-0.4, -0.2) is 24.8 Å². The maximum Gasteiger partial charge on any atom is 0.227 e. The first-order valence-electron chi connectivity index (χ1n) is 6.20. The lowest BCUT2D eigenvalue weighted by Crippen LogP contribution is -2.48. The van der Waals surface area contributed by atoms with Crippen LogP contribution >= 0.6 is 0 Å². The van der Waals surface area contributed by atoms with Crippen LogP contribution in [0.15, 0.2) is 24.3 Å². The molecule has 1 aromatic rings. The standard InChI is InChI=1S/C14H18N2O2/c1-9(12-7-15-8-12)14(18)16-13-5-3-4-11(6-13)10(2)17/h3-6,9,12,15H,7-8H2,1-2H3,(H,16,18). The van der Waals surface area contributed by atoms with E-state index in [1.165, 1.54) is 6.92 Å². The summed E-state index contributed by atoms with van der Waals surface area (Å²) in [6.07, 6.45) is 0. The Labute approximate surface area is 107 Å². The second-order valence-electron chi connectivity index (χ2n) is 4.83. The molecule has 1 amide bonds. The van der Waals surface area contributed by atoms with Gasteiger partial charge in [-0.15, -0.1) is 0 Å². The number of hydrogen-bond acceptors (Lipinski definition) is 3. The smallest absolute Gasteiger partial charge is 0.227 e. The van der Waals surface area contributed by atoms with Crippen LogP contribution < -0.4 is 10.6 Å². The van der Waals surface area contributed by atoms with E-state index in [1.807, 2.05) is 6.92 Å². The van der Waals surface area contributed by atoms with Crippen molar-refractivity contribution < 1.29 is 9.59 Å². The molecule has 0 bridgehead atoms. The van der Waals surface area contributed by atoms with Crippen LogP contribution in [0, 0.1) is 11.8 Å². The van der Waals surface area contributed by atoms with Crippen LogP contribution in [0.1, 0.15) is 24.2 Å². The first-order valence-corrected chi connectivity index (χ1v) is 6.20. The number of benzene rings is 1. The van der Waals surface area contributed by atoms with E-state index in [0.717, 1.165) is 13.1 Å². The van der Waals surface area contributed by atoms with Crippen molar-refractivity contribution >= 4 is 17.4 Å². The number of hydrogen-bond donors (Lipinski definition) is 2. The Kier molecular flexibility index (Phi) is 3.77. The fourth-order valence-corrected chi connectivity index (χ4v) is 1.95. The number of amides is 1. The first-order chi connectivity index (χ1) is 8.58. The molecule has 2 rings (SSSR count). The monoisotopic (exact) mass is 246 g/mol. The highest BCUT2D eigenvalue weighted by molar-refractivity contribution is 5.97. The summed E-state index contributed by atoms with van der Waals surface area (Å²) < 4.78 is 0. The summed E-state index contributed by atoms with van der Waals surface area (Å²) in [5.41, 5.74) is 1.30.